The van der Waals surface area contributed by atoms with Crippen LogP contribution in [-0.2, 0) is 12.8 Å². The number of para-hydroxylation sites is 1. The maximum atomic E-state index is 2.55. The molecule has 6 atom stereocenters. The SMILES string of the molecule is Cc1ccc(C(C)CC(Cc2ccccc2)c2cccc(C(Cc3ccc(N(c4ccccc4)c4cccc(C(C)C(C)c5ccccc5)c4)cc3)C(C)c3ccccc3)c2)cc1. The number of hydrogen-bond acceptors (Lipinski definition) is 1. The van der Waals surface area contributed by atoms with Gasteiger partial charge in [-0.25, -0.2) is 0 Å². The van der Waals surface area contributed by atoms with Crippen molar-refractivity contribution in [2.45, 2.75) is 89.4 Å². The number of nitrogens with zero attached hydrogens (tertiary/aromatic N) is 1. The molecular formula is C62H63N. The Morgan fingerprint density at radius 3 is 1.48 bits per heavy atom. The van der Waals surface area contributed by atoms with E-state index in [1.807, 2.05) is 0 Å². The summed E-state index contributed by atoms with van der Waals surface area (Å²) in [4.78, 5) is 2.41. The van der Waals surface area contributed by atoms with Crippen LogP contribution in [0.3, 0.4) is 0 Å². The summed E-state index contributed by atoms with van der Waals surface area (Å²) in [6.07, 6.45) is 3.05. The van der Waals surface area contributed by atoms with Gasteiger partial charge in [-0.1, -0.05) is 215 Å². The second-order valence-corrected chi connectivity index (χ2v) is 18.0. The quantitative estimate of drug-likeness (QED) is 0.0884. The van der Waals surface area contributed by atoms with Gasteiger partial charge in [0.1, 0.15) is 0 Å². The first-order valence-corrected chi connectivity index (χ1v) is 23.1. The number of anilines is 3. The van der Waals surface area contributed by atoms with Crippen LogP contribution in [0.2, 0.25) is 0 Å². The maximum Gasteiger partial charge on any atom is 0.0464 e. The first-order valence-electron chi connectivity index (χ1n) is 23.1. The van der Waals surface area contributed by atoms with Gasteiger partial charge in [0.15, 0.2) is 0 Å². The molecule has 0 saturated heterocycles. The highest BCUT2D eigenvalue weighted by Crippen LogP contribution is 2.41. The van der Waals surface area contributed by atoms with E-state index in [1.165, 1.54) is 55.8 Å². The van der Waals surface area contributed by atoms with Crippen molar-refractivity contribution in [1.82, 2.24) is 0 Å². The number of benzene rings is 8. The van der Waals surface area contributed by atoms with Gasteiger partial charge < -0.3 is 4.90 Å². The van der Waals surface area contributed by atoms with E-state index in [4.69, 9.17) is 0 Å². The first kappa shape index (κ1) is 43.2. The third kappa shape index (κ3) is 10.8. The van der Waals surface area contributed by atoms with Gasteiger partial charge in [0, 0.05) is 17.1 Å². The molecule has 1 heteroatoms. The van der Waals surface area contributed by atoms with Crippen molar-refractivity contribution in [3.8, 4) is 0 Å². The van der Waals surface area contributed by atoms with Gasteiger partial charge in [0.25, 0.3) is 0 Å². The zero-order valence-corrected chi connectivity index (χ0v) is 37.8. The number of rotatable bonds is 17. The van der Waals surface area contributed by atoms with E-state index in [9.17, 15) is 0 Å². The summed E-state index contributed by atoms with van der Waals surface area (Å²) in [5.74, 6) is 2.21. The molecule has 0 N–H and O–H groups in total. The van der Waals surface area contributed by atoms with Gasteiger partial charge >= 0.3 is 0 Å². The number of aryl methyl sites for hydroxylation is 1. The van der Waals surface area contributed by atoms with E-state index in [0.717, 1.165) is 30.6 Å². The van der Waals surface area contributed by atoms with E-state index in [-0.39, 0.29) is 0 Å². The third-order valence-corrected chi connectivity index (χ3v) is 13.7. The molecule has 0 amide bonds. The maximum absolute atomic E-state index is 2.55. The zero-order valence-electron chi connectivity index (χ0n) is 37.8. The molecule has 0 radical (unpaired) electrons. The summed E-state index contributed by atoms with van der Waals surface area (Å²) in [7, 11) is 0. The monoisotopic (exact) mass is 821 g/mol. The lowest BCUT2D eigenvalue weighted by Crippen LogP contribution is -2.14. The van der Waals surface area contributed by atoms with Crippen LogP contribution in [-0.4, -0.2) is 0 Å². The summed E-state index contributed by atoms with van der Waals surface area (Å²) in [6.45, 7) is 11.7. The Kier molecular flexibility index (Phi) is 14.1. The number of hydrogen-bond donors (Lipinski definition) is 0. The van der Waals surface area contributed by atoms with Crippen molar-refractivity contribution in [3.05, 3.63) is 268 Å². The minimum atomic E-state index is 0.292. The Morgan fingerprint density at radius 1 is 0.349 bits per heavy atom. The minimum absolute atomic E-state index is 0.292. The Morgan fingerprint density at radius 2 is 0.825 bits per heavy atom. The van der Waals surface area contributed by atoms with Crippen LogP contribution in [0.4, 0.5) is 17.1 Å². The highest BCUT2D eigenvalue weighted by Gasteiger charge is 2.25. The van der Waals surface area contributed by atoms with Gasteiger partial charge in [-0.3, -0.25) is 0 Å². The van der Waals surface area contributed by atoms with Crippen molar-refractivity contribution in [3.63, 3.8) is 0 Å². The largest absolute Gasteiger partial charge is 0.310 e. The fourth-order valence-electron chi connectivity index (χ4n) is 9.65. The van der Waals surface area contributed by atoms with Crippen LogP contribution >= 0.6 is 0 Å². The van der Waals surface area contributed by atoms with Crippen LogP contribution in [0.5, 0.6) is 0 Å². The van der Waals surface area contributed by atoms with Crippen molar-refractivity contribution in [2.75, 3.05) is 4.90 Å². The average Bonchev–Trinajstić information content (AvgIpc) is 3.34. The first-order chi connectivity index (χ1) is 30.8. The zero-order chi connectivity index (χ0) is 43.5. The van der Waals surface area contributed by atoms with Crippen molar-refractivity contribution in [1.29, 1.82) is 0 Å². The molecule has 6 unspecified atom stereocenters. The molecule has 0 aliphatic rings. The van der Waals surface area contributed by atoms with Crippen molar-refractivity contribution >= 4 is 17.1 Å². The molecule has 63 heavy (non-hydrogen) atoms. The highest BCUT2D eigenvalue weighted by molar-refractivity contribution is 5.77. The molecule has 0 spiro atoms. The molecule has 0 fully saturated rings. The minimum Gasteiger partial charge on any atom is -0.310 e. The second kappa shape index (κ2) is 20.6. The molecule has 0 aliphatic heterocycles. The van der Waals surface area contributed by atoms with Crippen LogP contribution in [0.1, 0.15) is 120 Å². The second-order valence-electron chi connectivity index (χ2n) is 18.0. The van der Waals surface area contributed by atoms with Crippen molar-refractivity contribution < 1.29 is 0 Å². The molecule has 0 bridgehead atoms. The topological polar surface area (TPSA) is 3.24 Å². The molecule has 1 nitrogen and oxygen atoms in total. The van der Waals surface area contributed by atoms with Crippen LogP contribution in [0.15, 0.2) is 218 Å². The molecule has 0 aromatic heterocycles. The summed E-state index contributed by atoms with van der Waals surface area (Å²) >= 11 is 0. The van der Waals surface area contributed by atoms with Gasteiger partial charge in [-0.2, -0.15) is 0 Å². The van der Waals surface area contributed by atoms with Crippen molar-refractivity contribution in [2.24, 2.45) is 0 Å². The lowest BCUT2D eigenvalue weighted by molar-refractivity contribution is 0.548. The Labute approximate surface area is 378 Å². The standard InChI is InChI=1S/C62H63N/c1-45-32-36-52(37-33-45)46(2)40-58(41-50-20-10-6-11-21-50)56-27-18-28-57(43-56)62(49(5)54-24-14-8-15-25-54)42-51-34-38-60(39-35-51)63(59-29-16-9-17-30-59)61-31-19-26-55(44-61)48(4)47(3)53-22-12-7-13-23-53/h6-39,43-44,46-49,58,62H,40-42H2,1-5H3. The van der Waals surface area contributed by atoms with Crippen LogP contribution in [0.25, 0.3) is 0 Å². The molecule has 316 valence electrons. The average molecular weight is 822 g/mol. The van der Waals surface area contributed by atoms with E-state index in [1.54, 1.807) is 0 Å². The Bertz CT molecular complexity index is 2600. The summed E-state index contributed by atoms with van der Waals surface area (Å²) < 4.78 is 0. The van der Waals surface area contributed by atoms with E-state index in [0.29, 0.717) is 35.5 Å². The van der Waals surface area contributed by atoms with Gasteiger partial charge in [-0.15, -0.1) is 0 Å². The van der Waals surface area contributed by atoms with Gasteiger partial charge in [0.05, 0.1) is 0 Å². The van der Waals surface area contributed by atoms with E-state index >= 15 is 0 Å². The predicted molar refractivity (Wildman–Crippen MR) is 269 cm³/mol. The Hall–Kier alpha value is -6.44. The molecule has 8 aromatic rings. The van der Waals surface area contributed by atoms with Crippen LogP contribution in [0, 0.1) is 6.92 Å². The summed E-state index contributed by atoms with van der Waals surface area (Å²) in [5.41, 5.74) is 15.9. The molecule has 0 heterocycles. The van der Waals surface area contributed by atoms with Gasteiger partial charge in [0.2, 0.25) is 0 Å². The van der Waals surface area contributed by atoms with E-state index in [2.05, 4.69) is 258 Å². The normalized spacial score (nSPS) is 14.2. The third-order valence-electron chi connectivity index (χ3n) is 13.7. The van der Waals surface area contributed by atoms with Crippen LogP contribution < -0.4 is 4.90 Å². The smallest absolute Gasteiger partial charge is 0.0464 e. The molecule has 0 aliphatic carbocycles. The Balaban J connectivity index is 1.11. The predicted octanol–water partition coefficient (Wildman–Crippen LogP) is 17.0. The lowest BCUT2D eigenvalue weighted by atomic mass is 9.77. The van der Waals surface area contributed by atoms with E-state index < -0.39 is 0 Å². The lowest BCUT2D eigenvalue weighted by Gasteiger charge is -2.29. The molecular weight excluding hydrogens is 759 g/mol. The molecule has 8 aromatic carbocycles. The highest BCUT2D eigenvalue weighted by atomic mass is 15.1. The molecule has 0 saturated carbocycles. The fourth-order valence-corrected chi connectivity index (χ4v) is 9.65. The summed E-state index contributed by atoms with van der Waals surface area (Å²) in [5, 5.41) is 0. The van der Waals surface area contributed by atoms with Gasteiger partial charge in [-0.05, 0) is 143 Å². The fraction of sp³-hybridized carbons (Fsp3) is 0.226. The molecule has 8 rings (SSSR count). The summed E-state index contributed by atoms with van der Waals surface area (Å²) in [6, 6.07) is 81.2.